The summed E-state index contributed by atoms with van der Waals surface area (Å²) in [6.45, 7) is 0.397. The van der Waals surface area contributed by atoms with Crippen molar-refractivity contribution in [2.24, 2.45) is 5.92 Å². The van der Waals surface area contributed by atoms with E-state index in [9.17, 15) is 14.4 Å². The van der Waals surface area contributed by atoms with Gasteiger partial charge in [-0.1, -0.05) is 60.7 Å². The minimum Gasteiger partial charge on any atom is -0.461 e. The van der Waals surface area contributed by atoms with Crippen LogP contribution < -0.4 is 5.32 Å². The highest BCUT2D eigenvalue weighted by molar-refractivity contribution is 6.12. The molecule has 1 aliphatic heterocycles. The Kier molecular flexibility index (Phi) is 8.84. The number of nitrogens with one attached hydrogen (secondary N) is 1. The number of ether oxygens (including phenoxy) is 3. The van der Waals surface area contributed by atoms with Crippen molar-refractivity contribution in [3.63, 3.8) is 0 Å². The van der Waals surface area contributed by atoms with Crippen molar-refractivity contribution in [1.82, 2.24) is 10.2 Å². The molecule has 3 rings (SSSR count). The summed E-state index contributed by atoms with van der Waals surface area (Å²) in [7, 11) is 5.10. The number of nitrogens with zero attached hydrogens (tertiary/aromatic N) is 1. The highest BCUT2D eigenvalue weighted by Crippen LogP contribution is 2.41. The number of amides is 1. The summed E-state index contributed by atoms with van der Waals surface area (Å²) in [5.74, 6) is -1.92. The lowest BCUT2D eigenvalue weighted by atomic mass is 9.77. The van der Waals surface area contributed by atoms with Gasteiger partial charge in [0.15, 0.2) is 0 Å². The van der Waals surface area contributed by atoms with Gasteiger partial charge < -0.3 is 24.4 Å². The summed E-state index contributed by atoms with van der Waals surface area (Å²) in [5, 5.41) is 3.04. The number of carbonyl (C=O) groups is 3. The van der Waals surface area contributed by atoms with E-state index in [0.717, 1.165) is 11.1 Å². The van der Waals surface area contributed by atoms with Crippen LogP contribution in [0.15, 0.2) is 60.7 Å². The van der Waals surface area contributed by atoms with Crippen LogP contribution in [0, 0.1) is 5.92 Å². The summed E-state index contributed by atoms with van der Waals surface area (Å²) in [4.78, 5) is 39.4. The van der Waals surface area contributed by atoms with Gasteiger partial charge in [0.05, 0.1) is 12.5 Å². The van der Waals surface area contributed by atoms with Gasteiger partial charge in [-0.2, -0.15) is 0 Å². The Morgan fingerprint density at radius 1 is 1.06 bits per heavy atom. The largest absolute Gasteiger partial charge is 0.461 e. The van der Waals surface area contributed by atoms with Crippen molar-refractivity contribution in [2.75, 3.05) is 20.6 Å². The van der Waals surface area contributed by atoms with E-state index in [2.05, 4.69) is 5.32 Å². The molecule has 1 amide bonds. The zero-order valence-corrected chi connectivity index (χ0v) is 19.8. The first kappa shape index (κ1) is 25.5. The van der Waals surface area contributed by atoms with Gasteiger partial charge in [-0.25, -0.2) is 0 Å². The van der Waals surface area contributed by atoms with E-state index in [4.69, 9.17) is 14.2 Å². The van der Waals surface area contributed by atoms with E-state index in [-0.39, 0.29) is 26.2 Å². The lowest BCUT2D eigenvalue weighted by molar-refractivity contribution is -0.163. The maximum Gasteiger partial charge on any atom is 0.314 e. The van der Waals surface area contributed by atoms with Crippen molar-refractivity contribution in [3.05, 3.63) is 71.8 Å². The fourth-order valence-electron chi connectivity index (χ4n) is 4.60. The fourth-order valence-corrected chi connectivity index (χ4v) is 4.60. The lowest BCUT2D eigenvalue weighted by Gasteiger charge is -2.35. The first-order valence-corrected chi connectivity index (χ1v) is 11.3. The highest BCUT2D eigenvalue weighted by Gasteiger charge is 2.59. The predicted molar refractivity (Wildman–Crippen MR) is 128 cm³/mol. The van der Waals surface area contributed by atoms with E-state index in [1.54, 1.807) is 21.9 Å². The summed E-state index contributed by atoms with van der Waals surface area (Å²) in [6.07, 6.45) is 0.491. The molecule has 0 radical (unpaired) electrons. The normalized spacial score (nSPS) is 23.8. The zero-order valence-electron chi connectivity index (χ0n) is 19.8. The molecular weight excluding hydrogens is 435 g/mol. The molecule has 2 unspecified atom stereocenters. The predicted octanol–water partition coefficient (Wildman–Crippen LogP) is 0.884. The molecule has 2 aromatic carbocycles. The van der Waals surface area contributed by atoms with Gasteiger partial charge in [-0.05, 0) is 18.2 Å². The summed E-state index contributed by atoms with van der Waals surface area (Å²) in [6, 6.07) is 17.6. The summed E-state index contributed by atoms with van der Waals surface area (Å²) < 4.78 is 17.4. The molecule has 8 nitrogen and oxygen atoms in total. The van der Waals surface area contributed by atoms with Crippen molar-refractivity contribution in [1.29, 1.82) is 0 Å². The van der Waals surface area contributed by atoms with Crippen molar-refractivity contribution >= 4 is 26.2 Å². The molecule has 1 saturated heterocycles. The van der Waals surface area contributed by atoms with Crippen LogP contribution in [-0.2, 0) is 41.8 Å². The van der Waals surface area contributed by atoms with E-state index in [0.29, 0.717) is 6.41 Å². The average Bonchev–Trinajstić information content (AvgIpc) is 3.13. The number of esters is 2. The number of carbonyl (C=O) groups excluding carboxylic acids is 3. The molecular formula is C25H31BN2O6. The number of rotatable bonds is 11. The Morgan fingerprint density at radius 3 is 2.15 bits per heavy atom. The first-order chi connectivity index (χ1) is 16.4. The van der Waals surface area contributed by atoms with Gasteiger partial charge in [0.2, 0.25) is 6.41 Å². The van der Waals surface area contributed by atoms with Crippen LogP contribution in [0.5, 0.6) is 0 Å². The quantitative estimate of drug-likeness (QED) is 0.299. The van der Waals surface area contributed by atoms with Gasteiger partial charge in [0.25, 0.3) is 0 Å². The average molecular weight is 466 g/mol. The second kappa shape index (κ2) is 11.8. The lowest BCUT2D eigenvalue weighted by Crippen LogP contribution is -2.54. The molecule has 1 fully saturated rings. The van der Waals surface area contributed by atoms with Gasteiger partial charge in [0.1, 0.15) is 32.6 Å². The van der Waals surface area contributed by atoms with Crippen LogP contribution in [0.4, 0.5) is 0 Å². The van der Waals surface area contributed by atoms with Crippen LogP contribution >= 0.6 is 0 Å². The number of benzene rings is 2. The number of hydrogen-bond acceptors (Lipinski definition) is 7. The van der Waals surface area contributed by atoms with Crippen molar-refractivity contribution in [2.45, 2.75) is 37.3 Å². The Bertz CT molecular complexity index is 960. The second-order valence-electron chi connectivity index (χ2n) is 8.57. The van der Waals surface area contributed by atoms with E-state index in [1.165, 1.54) is 4.90 Å². The molecule has 4 atom stereocenters. The third kappa shape index (κ3) is 6.04. The first-order valence-electron chi connectivity index (χ1n) is 11.3. The van der Waals surface area contributed by atoms with Crippen LogP contribution in [0.2, 0.25) is 0 Å². The molecule has 0 bridgehead atoms. The van der Waals surface area contributed by atoms with Gasteiger partial charge >= 0.3 is 11.9 Å². The highest BCUT2D eigenvalue weighted by atomic mass is 16.6. The Hall–Kier alpha value is -3.17. The minimum atomic E-state index is -1.24. The second-order valence-corrected chi connectivity index (χ2v) is 8.57. The Morgan fingerprint density at radius 2 is 1.62 bits per heavy atom. The molecule has 1 heterocycles. The third-order valence-electron chi connectivity index (χ3n) is 6.09. The van der Waals surface area contributed by atoms with Gasteiger partial charge in [0, 0.05) is 19.6 Å². The van der Waals surface area contributed by atoms with Crippen molar-refractivity contribution < 1.29 is 28.6 Å². The van der Waals surface area contributed by atoms with Crippen LogP contribution in [-0.4, -0.2) is 69.4 Å². The van der Waals surface area contributed by atoms with Crippen LogP contribution in [0.25, 0.3) is 0 Å². The summed E-state index contributed by atoms with van der Waals surface area (Å²) in [5.41, 5.74) is 0.457. The van der Waals surface area contributed by atoms with E-state index < -0.39 is 35.5 Å². The smallest absolute Gasteiger partial charge is 0.314 e. The molecule has 0 saturated carbocycles. The number of hydrogen-bond donors (Lipinski definition) is 1. The molecule has 0 aromatic heterocycles. The van der Waals surface area contributed by atoms with E-state index in [1.807, 2.05) is 60.7 Å². The molecule has 0 spiro atoms. The topological polar surface area (TPSA) is 94.2 Å². The third-order valence-corrected chi connectivity index (χ3v) is 6.09. The maximum absolute atomic E-state index is 13.4. The minimum absolute atomic E-state index is 0.0795. The molecule has 0 aliphatic carbocycles. The molecule has 180 valence electrons. The molecule has 9 heteroatoms. The Balaban J connectivity index is 1.82. The summed E-state index contributed by atoms with van der Waals surface area (Å²) >= 11 is 0. The van der Waals surface area contributed by atoms with Gasteiger partial charge in [-0.3, -0.25) is 14.4 Å². The molecule has 1 N–H and O–H groups in total. The Labute approximate surface area is 201 Å². The number of likely N-dealkylation sites (N-methyl/N-ethyl adjacent to an activating group) is 2. The van der Waals surface area contributed by atoms with Crippen LogP contribution in [0.1, 0.15) is 17.5 Å². The van der Waals surface area contributed by atoms with Crippen molar-refractivity contribution in [3.8, 4) is 0 Å². The molecule has 34 heavy (non-hydrogen) atoms. The maximum atomic E-state index is 13.4. The molecule has 1 aliphatic rings. The van der Waals surface area contributed by atoms with E-state index >= 15 is 0 Å². The molecule has 2 aromatic rings. The standard InChI is InChI=1S/C25H31BN2O6/c1-27-16-25(13-20(30)32-14-18-9-5-3-6-10-18)21(22(23(26)34-25)28(2)17-29)24(31)33-15-19-11-7-4-8-12-19/h3-12,17,21-23,27H,13-16,26H2,1-2H3/t21?,22?,23-,25+/m1/s1. The van der Waals surface area contributed by atoms with Gasteiger partial charge in [-0.15, -0.1) is 0 Å². The fraction of sp³-hybridized carbons (Fsp3) is 0.400. The monoisotopic (exact) mass is 466 g/mol. The zero-order chi connectivity index (χ0) is 24.6. The van der Waals surface area contributed by atoms with Crippen LogP contribution in [0.3, 0.4) is 0 Å². The SMILES string of the molecule is B[C@@H]1O[C@](CNC)(CC(=O)OCc2ccccc2)C(C(=O)OCc2ccccc2)C1N(C)C=O.